The zero-order valence-electron chi connectivity index (χ0n) is 11.2. The van der Waals surface area contributed by atoms with Crippen LogP contribution in [0.15, 0.2) is 18.2 Å². The molecule has 1 fully saturated rings. The molecule has 108 valence electrons. The molecule has 0 aromatic heterocycles. The first-order valence-electron chi connectivity index (χ1n) is 6.38. The SMILES string of the molecule is CCCC1C(=O)NC(=O)N(c2cc(C#N)ccc2Cl)C1=O. The van der Waals surface area contributed by atoms with E-state index in [0.29, 0.717) is 12.8 Å². The third-order valence-electron chi connectivity index (χ3n) is 3.16. The van der Waals surface area contributed by atoms with E-state index in [1.54, 1.807) is 0 Å². The van der Waals surface area contributed by atoms with E-state index < -0.39 is 23.8 Å². The van der Waals surface area contributed by atoms with E-state index in [9.17, 15) is 14.4 Å². The number of carbonyl (C=O) groups excluding carboxylic acids is 3. The third kappa shape index (κ3) is 2.73. The van der Waals surface area contributed by atoms with Crippen molar-refractivity contribution in [3.63, 3.8) is 0 Å². The van der Waals surface area contributed by atoms with E-state index in [-0.39, 0.29) is 16.3 Å². The van der Waals surface area contributed by atoms with Crippen molar-refractivity contribution in [3.8, 4) is 6.07 Å². The Labute approximate surface area is 126 Å². The van der Waals surface area contributed by atoms with Crippen LogP contribution in [0.5, 0.6) is 0 Å². The molecular formula is C14H12ClN3O3. The number of imide groups is 2. The number of carbonyl (C=O) groups is 3. The van der Waals surface area contributed by atoms with Crippen LogP contribution < -0.4 is 10.2 Å². The van der Waals surface area contributed by atoms with Crippen molar-refractivity contribution in [1.29, 1.82) is 5.26 Å². The zero-order valence-corrected chi connectivity index (χ0v) is 12.0. The van der Waals surface area contributed by atoms with Crippen LogP contribution in [0.25, 0.3) is 0 Å². The lowest BCUT2D eigenvalue weighted by Gasteiger charge is -2.30. The Hall–Kier alpha value is -2.39. The van der Waals surface area contributed by atoms with Gasteiger partial charge in [-0.1, -0.05) is 24.9 Å². The molecule has 1 aliphatic rings. The van der Waals surface area contributed by atoms with E-state index in [0.717, 1.165) is 4.90 Å². The van der Waals surface area contributed by atoms with E-state index >= 15 is 0 Å². The first kappa shape index (κ1) is 15.0. The maximum atomic E-state index is 12.4. The Kier molecular flexibility index (Phi) is 4.24. The Morgan fingerprint density at radius 3 is 2.71 bits per heavy atom. The standard InChI is InChI=1S/C14H12ClN3O3/c1-2-3-9-12(19)17-14(21)18(13(9)20)11-6-8(7-16)4-5-10(11)15/h4-6,9H,2-3H2,1H3,(H,17,19,21). The Balaban J connectivity index is 2.47. The van der Waals surface area contributed by atoms with Crippen molar-refractivity contribution in [1.82, 2.24) is 5.32 Å². The van der Waals surface area contributed by atoms with Crippen LogP contribution in [0, 0.1) is 17.2 Å². The van der Waals surface area contributed by atoms with Gasteiger partial charge in [0.1, 0.15) is 5.92 Å². The van der Waals surface area contributed by atoms with E-state index in [1.165, 1.54) is 18.2 Å². The average Bonchev–Trinajstić information content (AvgIpc) is 2.45. The summed E-state index contributed by atoms with van der Waals surface area (Å²) in [6.45, 7) is 1.84. The van der Waals surface area contributed by atoms with Gasteiger partial charge in [-0.2, -0.15) is 5.26 Å². The molecule has 2 rings (SSSR count). The normalized spacial score (nSPS) is 18.4. The summed E-state index contributed by atoms with van der Waals surface area (Å²) in [6.07, 6.45) is 0.960. The van der Waals surface area contributed by atoms with Crippen molar-refractivity contribution in [2.24, 2.45) is 5.92 Å². The van der Waals surface area contributed by atoms with Crippen molar-refractivity contribution in [2.45, 2.75) is 19.8 Å². The number of nitrogens with zero attached hydrogens (tertiary/aromatic N) is 2. The molecule has 1 saturated heterocycles. The highest BCUT2D eigenvalue weighted by atomic mass is 35.5. The molecule has 1 aromatic rings. The van der Waals surface area contributed by atoms with Gasteiger partial charge in [0.2, 0.25) is 11.8 Å². The molecule has 1 atom stereocenters. The summed E-state index contributed by atoms with van der Waals surface area (Å²) >= 11 is 6.01. The van der Waals surface area contributed by atoms with Gasteiger partial charge in [-0.3, -0.25) is 14.9 Å². The van der Waals surface area contributed by atoms with Gasteiger partial charge in [0.05, 0.1) is 22.3 Å². The van der Waals surface area contributed by atoms with E-state index in [4.69, 9.17) is 16.9 Å². The fourth-order valence-electron chi connectivity index (χ4n) is 2.14. The largest absolute Gasteiger partial charge is 0.335 e. The van der Waals surface area contributed by atoms with Crippen LogP contribution in [0.4, 0.5) is 10.5 Å². The number of amides is 4. The van der Waals surface area contributed by atoms with Gasteiger partial charge in [-0.15, -0.1) is 0 Å². The second-order valence-corrected chi connectivity index (χ2v) is 4.99. The lowest BCUT2D eigenvalue weighted by Crippen LogP contribution is -2.58. The predicted molar refractivity (Wildman–Crippen MR) is 75.6 cm³/mol. The molecule has 7 heteroatoms. The summed E-state index contributed by atoms with van der Waals surface area (Å²) in [4.78, 5) is 36.9. The molecular weight excluding hydrogens is 294 g/mol. The highest BCUT2D eigenvalue weighted by Gasteiger charge is 2.41. The lowest BCUT2D eigenvalue weighted by molar-refractivity contribution is -0.134. The van der Waals surface area contributed by atoms with Crippen LogP contribution in [0.2, 0.25) is 5.02 Å². The lowest BCUT2D eigenvalue weighted by atomic mass is 9.98. The Bertz CT molecular complexity index is 666. The number of hydrogen-bond acceptors (Lipinski definition) is 4. The topological polar surface area (TPSA) is 90.3 Å². The van der Waals surface area contributed by atoms with Gasteiger partial charge < -0.3 is 0 Å². The van der Waals surface area contributed by atoms with E-state index in [1.807, 2.05) is 13.0 Å². The number of rotatable bonds is 3. The number of anilines is 1. The predicted octanol–water partition coefficient (Wildman–Crippen LogP) is 2.21. The van der Waals surface area contributed by atoms with Crippen molar-refractivity contribution in [2.75, 3.05) is 4.90 Å². The summed E-state index contributed by atoms with van der Waals surface area (Å²) in [5, 5.41) is 11.2. The average molecular weight is 306 g/mol. The van der Waals surface area contributed by atoms with Crippen molar-refractivity contribution >= 4 is 35.1 Å². The summed E-state index contributed by atoms with van der Waals surface area (Å²) in [7, 11) is 0. The molecule has 0 saturated carbocycles. The summed E-state index contributed by atoms with van der Waals surface area (Å²) in [5.41, 5.74) is 0.366. The molecule has 1 heterocycles. The minimum Gasteiger partial charge on any atom is -0.277 e. The fourth-order valence-corrected chi connectivity index (χ4v) is 2.34. The number of benzene rings is 1. The molecule has 4 amide bonds. The van der Waals surface area contributed by atoms with Gasteiger partial charge >= 0.3 is 6.03 Å². The van der Waals surface area contributed by atoms with Crippen molar-refractivity contribution < 1.29 is 14.4 Å². The molecule has 0 spiro atoms. The number of hydrogen-bond donors (Lipinski definition) is 1. The number of nitriles is 1. The minimum absolute atomic E-state index is 0.104. The first-order chi connectivity index (χ1) is 9.99. The molecule has 1 N–H and O–H groups in total. The van der Waals surface area contributed by atoms with Gasteiger partial charge in [0, 0.05) is 0 Å². The quantitative estimate of drug-likeness (QED) is 0.867. The minimum atomic E-state index is -0.922. The number of urea groups is 1. The fraction of sp³-hybridized carbons (Fsp3) is 0.286. The molecule has 6 nitrogen and oxygen atoms in total. The molecule has 0 radical (unpaired) electrons. The molecule has 0 aliphatic carbocycles. The molecule has 21 heavy (non-hydrogen) atoms. The number of halogens is 1. The maximum Gasteiger partial charge on any atom is 0.335 e. The summed E-state index contributed by atoms with van der Waals surface area (Å²) < 4.78 is 0. The monoisotopic (exact) mass is 305 g/mol. The smallest absolute Gasteiger partial charge is 0.277 e. The molecule has 0 bridgehead atoms. The maximum absolute atomic E-state index is 12.4. The van der Waals surface area contributed by atoms with Gasteiger partial charge in [-0.25, -0.2) is 9.69 Å². The zero-order chi connectivity index (χ0) is 15.6. The van der Waals surface area contributed by atoms with Crippen LogP contribution in [0.1, 0.15) is 25.3 Å². The third-order valence-corrected chi connectivity index (χ3v) is 3.48. The highest BCUT2D eigenvalue weighted by molar-refractivity contribution is 6.36. The molecule has 1 unspecified atom stereocenters. The highest BCUT2D eigenvalue weighted by Crippen LogP contribution is 2.30. The summed E-state index contributed by atoms with van der Waals surface area (Å²) in [6, 6.07) is 5.32. The van der Waals surface area contributed by atoms with Crippen LogP contribution >= 0.6 is 11.6 Å². The van der Waals surface area contributed by atoms with Crippen LogP contribution in [0.3, 0.4) is 0 Å². The molecule has 1 aromatic carbocycles. The van der Waals surface area contributed by atoms with Gasteiger partial charge in [-0.05, 0) is 24.6 Å². The van der Waals surface area contributed by atoms with Crippen LogP contribution in [-0.4, -0.2) is 17.8 Å². The second-order valence-electron chi connectivity index (χ2n) is 4.59. The Morgan fingerprint density at radius 2 is 2.10 bits per heavy atom. The van der Waals surface area contributed by atoms with E-state index in [2.05, 4.69) is 5.32 Å². The van der Waals surface area contributed by atoms with Gasteiger partial charge in [0.25, 0.3) is 0 Å². The number of barbiturate groups is 1. The number of nitrogens with one attached hydrogen (secondary N) is 1. The first-order valence-corrected chi connectivity index (χ1v) is 6.75. The van der Waals surface area contributed by atoms with Crippen molar-refractivity contribution in [3.05, 3.63) is 28.8 Å². The molecule has 1 aliphatic heterocycles. The Morgan fingerprint density at radius 1 is 1.38 bits per heavy atom. The van der Waals surface area contributed by atoms with Gasteiger partial charge in [0.15, 0.2) is 0 Å². The summed E-state index contributed by atoms with van der Waals surface area (Å²) in [5.74, 6) is -2.15. The van der Waals surface area contributed by atoms with Crippen LogP contribution in [-0.2, 0) is 9.59 Å². The second kappa shape index (κ2) is 5.94.